The van der Waals surface area contributed by atoms with E-state index >= 15 is 0 Å². The van der Waals surface area contributed by atoms with Crippen LogP contribution in [0.2, 0.25) is 0 Å². The largest absolute Gasteiger partial charge is 0.466 e. The molecule has 2 fully saturated rings. The molecule has 0 saturated carbocycles. The van der Waals surface area contributed by atoms with Gasteiger partial charge in [-0.15, -0.1) is 24.0 Å². The van der Waals surface area contributed by atoms with Crippen molar-refractivity contribution in [2.75, 3.05) is 59.1 Å². The van der Waals surface area contributed by atoms with Crippen molar-refractivity contribution < 1.29 is 14.3 Å². The number of hydrogen-bond acceptors (Lipinski definition) is 5. The van der Waals surface area contributed by atoms with E-state index in [2.05, 4.69) is 22.0 Å². The van der Waals surface area contributed by atoms with E-state index in [9.17, 15) is 4.79 Å². The van der Waals surface area contributed by atoms with Crippen molar-refractivity contribution in [3.8, 4) is 0 Å². The molecule has 2 heterocycles. The van der Waals surface area contributed by atoms with Crippen molar-refractivity contribution in [1.82, 2.24) is 15.1 Å². The van der Waals surface area contributed by atoms with Crippen molar-refractivity contribution in [2.24, 2.45) is 4.99 Å². The number of rotatable bonds is 10. The highest BCUT2D eigenvalue weighted by Gasteiger charge is 2.30. The summed E-state index contributed by atoms with van der Waals surface area (Å²) in [4.78, 5) is 21.1. The molecule has 0 spiro atoms. The van der Waals surface area contributed by atoms with Crippen molar-refractivity contribution in [3.05, 3.63) is 0 Å². The summed E-state index contributed by atoms with van der Waals surface area (Å²) < 4.78 is 10.4. The van der Waals surface area contributed by atoms with Gasteiger partial charge < -0.3 is 19.7 Å². The summed E-state index contributed by atoms with van der Waals surface area (Å²) in [5.41, 5.74) is 0. The summed E-state index contributed by atoms with van der Waals surface area (Å²) in [6.45, 7) is 12.2. The van der Waals surface area contributed by atoms with Gasteiger partial charge in [0, 0.05) is 51.7 Å². The minimum absolute atomic E-state index is 0. The van der Waals surface area contributed by atoms with Crippen molar-refractivity contribution in [3.63, 3.8) is 0 Å². The highest BCUT2D eigenvalue weighted by atomic mass is 127. The standard InChI is InChI=1S/C20H38N4O3.HI/c1-3-21-20(22-11-8-6-5-7-9-19(25)27-4-2)24-12-10-18(17-24)23-13-15-26-16-14-23;/h18H,3-17H2,1-2H3,(H,21,22);1H. The van der Waals surface area contributed by atoms with Crippen LogP contribution < -0.4 is 5.32 Å². The lowest BCUT2D eigenvalue weighted by Gasteiger charge is -2.32. The maximum atomic E-state index is 11.3. The maximum absolute atomic E-state index is 11.3. The van der Waals surface area contributed by atoms with Gasteiger partial charge in [0.25, 0.3) is 0 Å². The highest BCUT2D eigenvalue weighted by Crippen LogP contribution is 2.17. The van der Waals surface area contributed by atoms with Crippen molar-refractivity contribution in [2.45, 2.75) is 58.4 Å². The minimum Gasteiger partial charge on any atom is -0.466 e. The van der Waals surface area contributed by atoms with Gasteiger partial charge in [0.2, 0.25) is 0 Å². The van der Waals surface area contributed by atoms with Crippen LogP contribution in [0.5, 0.6) is 0 Å². The number of nitrogens with one attached hydrogen (secondary N) is 1. The zero-order chi connectivity index (χ0) is 19.3. The Labute approximate surface area is 187 Å². The number of likely N-dealkylation sites (tertiary alicyclic amines) is 1. The van der Waals surface area contributed by atoms with Crippen LogP contribution in [0.4, 0.5) is 0 Å². The Hall–Kier alpha value is -0.610. The van der Waals surface area contributed by atoms with Gasteiger partial charge in [-0.1, -0.05) is 12.8 Å². The van der Waals surface area contributed by atoms with Crippen LogP contribution in [0, 0.1) is 0 Å². The van der Waals surface area contributed by atoms with E-state index in [0.29, 0.717) is 19.1 Å². The molecule has 2 rings (SSSR count). The maximum Gasteiger partial charge on any atom is 0.305 e. The molecule has 0 bridgehead atoms. The number of halogens is 1. The predicted octanol–water partition coefficient (Wildman–Crippen LogP) is 2.49. The molecule has 0 aromatic carbocycles. The molecule has 2 saturated heterocycles. The van der Waals surface area contributed by atoms with Gasteiger partial charge in [0.1, 0.15) is 0 Å². The van der Waals surface area contributed by atoms with E-state index in [0.717, 1.165) is 84.1 Å². The van der Waals surface area contributed by atoms with Gasteiger partial charge in [-0.2, -0.15) is 0 Å². The molecular weight excluding hydrogens is 471 g/mol. The number of hydrogen-bond donors (Lipinski definition) is 1. The smallest absolute Gasteiger partial charge is 0.305 e. The third-order valence-corrected chi connectivity index (χ3v) is 5.22. The van der Waals surface area contributed by atoms with Crippen LogP contribution in [-0.4, -0.2) is 86.9 Å². The summed E-state index contributed by atoms with van der Waals surface area (Å²) >= 11 is 0. The lowest BCUT2D eigenvalue weighted by molar-refractivity contribution is -0.143. The molecule has 0 aromatic heterocycles. The first kappa shape index (κ1) is 25.4. The molecule has 0 aromatic rings. The first-order valence-electron chi connectivity index (χ1n) is 10.7. The van der Waals surface area contributed by atoms with E-state index in [1.54, 1.807) is 0 Å². The molecule has 0 amide bonds. The molecule has 0 aliphatic carbocycles. The molecular formula is C20H39IN4O3. The number of carbonyl (C=O) groups is 1. The Morgan fingerprint density at radius 3 is 2.61 bits per heavy atom. The second-order valence-electron chi connectivity index (χ2n) is 7.24. The molecule has 7 nitrogen and oxygen atoms in total. The summed E-state index contributed by atoms with van der Waals surface area (Å²) in [6, 6.07) is 0.626. The molecule has 0 radical (unpaired) electrons. The van der Waals surface area contributed by atoms with Gasteiger partial charge >= 0.3 is 5.97 Å². The molecule has 2 aliphatic rings. The third kappa shape index (κ3) is 9.26. The molecule has 1 N–H and O–H groups in total. The Bertz CT molecular complexity index is 459. The van der Waals surface area contributed by atoms with Crippen LogP contribution >= 0.6 is 24.0 Å². The molecule has 28 heavy (non-hydrogen) atoms. The number of guanidine groups is 1. The molecule has 1 unspecified atom stereocenters. The summed E-state index contributed by atoms with van der Waals surface area (Å²) in [5, 5.41) is 3.45. The lowest BCUT2D eigenvalue weighted by Crippen LogP contribution is -2.46. The van der Waals surface area contributed by atoms with Crippen LogP contribution in [0.15, 0.2) is 4.99 Å². The van der Waals surface area contributed by atoms with E-state index in [4.69, 9.17) is 14.5 Å². The number of morpholine rings is 1. The number of aliphatic imine (C=N–C) groups is 1. The fourth-order valence-corrected chi connectivity index (χ4v) is 3.75. The third-order valence-electron chi connectivity index (χ3n) is 5.22. The summed E-state index contributed by atoms with van der Waals surface area (Å²) in [5.74, 6) is 0.980. The van der Waals surface area contributed by atoms with Gasteiger partial charge in [-0.05, 0) is 33.1 Å². The topological polar surface area (TPSA) is 66.4 Å². The summed E-state index contributed by atoms with van der Waals surface area (Å²) in [6.07, 6.45) is 5.90. The first-order chi connectivity index (χ1) is 13.2. The number of unbranched alkanes of at least 4 members (excludes halogenated alkanes) is 3. The van der Waals surface area contributed by atoms with E-state index in [1.165, 1.54) is 6.42 Å². The average molecular weight is 510 g/mol. The van der Waals surface area contributed by atoms with Gasteiger partial charge in [0.05, 0.1) is 19.8 Å². The van der Waals surface area contributed by atoms with E-state index in [1.807, 2.05) is 6.92 Å². The Balaban J connectivity index is 0.00000392. The van der Waals surface area contributed by atoms with E-state index in [-0.39, 0.29) is 29.9 Å². The van der Waals surface area contributed by atoms with Gasteiger partial charge in [-0.25, -0.2) is 0 Å². The molecule has 8 heteroatoms. The van der Waals surface area contributed by atoms with Crippen LogP contribution in [0.3, 0.4) is 0 Å². The van der Waals surface area contributed by atoms with Crippen LogP contribution in [-0.2, 0) is 14.3 Å². The van der Waals surface area contributed by atoms with Crippen molar-refractivity contribution in [1.29, 1.82) is 0 Å². The fraction of sp³-hybridized carbons (Fsp3) is 0.900. The average Bonchev–Trinajstić information content (AvgIpc) is 3.17. The number of nitrogens with zero attached hydrogens (tertiary/aromatic N) is 3. The lowest BCUT2D eigenvalue weighted by atomic mass is 10.1. The Morgan fingerprint density at radius 2 is 1.89 bits per heavy atom. The fourth-order valence-electron chi connectivity index (χ4n) is 3.75. The number of esters is 1. The zero-order valence-electron chi connectivity index (χ0n) is 17.7. The van der Waals surface area contributed by atoms with Crippen molar-refractivity contribution >= 4 is 35.9 Å². The number of carbonyl (C=O) groups excluding carboxylic acids is 1. The van der Waals surface area contributed by atoms with E-state index < -0.39 is 0 Å². The van der Waals surface area contributed by atoms with Crippen LogP contribution in [0.25, 0.3) is 0 Å². The normalized spacial score (nSPS) is 20.7. The SMILES string of the molecule is CCNC(=NCCCCCCC(=O)OCC)N1CCC(N2CCOCC2)C1.I. The molecule has 1 atom stereocenters. The second-order valence-corrected chi connectivity index (χ2v) is 7.24. The zero-order valence-corrected chi connectivity index (χ0v) is 20.0. The monoisotopic (exact) mass is 510 g/mol. The molecule has 2 aliphatic heterocycles. The second kappa shape index (κ2) is 15.3. The highest BCUT2D eigenvalue weighted by molar-refractivity contribution is 14.0. The van der Waals surface area contributed by atoms with Gasteiger partial charge in [0.15, 0.2) is 5.96 Å². The predicted molar refractivity (Wildman–Crippen MR) is 123 cm³/mol. The molecule has 164 valence electrons. The van der Waals surface area contributed by atoms with Crippen LogP contribution in [0.1, 0.15) is 52.4 Å². The first-order valence-corrected chi connectivity index (χ1v) is 10.7. The quantitative estimate of drug-likeness (QED) is 0.160. The number of ether oxygens (including phenoxy) is 2. The minimum atomic E-state index is -0.0752. The van der Waals surface area contributed by atoms with Gasteiger partial charge in [-0.3, -0.25) is 14.7 Å². The Morgan fingerprint density at radius 1 is 1.14 bits per heavy atom. The Kier molecular flexibility index (Phi) is 13.9. The summed E-state index contributed by atoms with van der Waals surface area (Å²) in [7, 11) is 0.